The number of nitrogens with one attached hydrogen (secondary N) is 2. The molecule has 31 heavy (non-hydrogen) atoms. The quantitative estimate of drug-likeness (QED) is 0.408. The van der Waals surface area contributed by atoms with Crippen LogP contribution in [0.2, 0.25) is 0 Å². The number of pyridine rings is 1. The van der Waals surface area contributed by atoms with Crippen LogP contribution in [-0.2, 0) is 5.75 Å². The molecule has 4 rings (SSSR count). The summed E-state index contributed by atoms with van der Waals surface area (Å²) < 4.78 is 10.6. The zero-order chi connectivity index (χ0) is 21.8. The molecule has 0 aliphatic rings. The van der Waals surface area contributed by atoms with Crippen LogP contribution >= 0.6 is 11.8 Å². The maximum absolute atomic E-state index is 12.9. The van der Waals surface area contributed by atoms with E-state index < -0.39 is 0 Å². The third-order valence-electron chi connectivity index (χ3n) is 4.77. The summed E-state index contributed by atoms with van der Waals surface area (Å²) in [5.41, 5.74) is 3.92. The Morgan fingerprint density at radius 3 is 2.84 bits per heavy atom. The number of carbonyl (C=O) groups excluding carboxylic acids is 1. The first kappa shape index (κ1) is 20.7. The van der Waals surface area contributed by atoms with Crippen molar-refractivity contribution >= 4 is 23.5 Å². The number of H-pyrrole nitrogens is 1. The molecular weight excluding hydrogens is 414 g/mol. The molecule has 3 heterocycles. The molecule has 0 fully saturated rings. The third-order valence-corrected chi connectivity index (χ3v) is 5.80. The van der Waals surface area contributed by atoms with Crippen LogP contribution in [0.1, 0.15) is 27.4 Å². The number of ether oxygens (including phenoxy) is 1. The number of nitrogens with zero attached hydrogens (tertiary/aromatic N) is 3. The number of para-hydroxylation sites is 1. The smallest absolute Gasteiger partial charge is 0.259 e. The van der Waals surface area contributed by atoms with Crippen molar-refractivity contribution in [3.8, 4) is 17.0 Å². The Kier molecular flexibility index (Phi) is 6.03. The number of benzene rings is 1. The highest BCUT2D eigenvalue weighted by Crippen LogP contribution is 2.30. The number of aryl methyl sites for hydroxylation is 2. The molecule has 0 unspecified atom stereocenters. The van der Waals surface area contributed by atoms with Crippen LogP contribution in [0.4, 0.5) is 5.82 Å². The number of aromatic amines is 1. The summed E-state index contributed by atoms with van der Waals surface area (Å²) in [6, 6.07) is 12.8. The summed E-state index contributed by atoms with van der Waals surface area (Å²) >= 11 is 1.46. The summed E-state index contributed by atoms with van der Waals surface area (Å²) in [6.07, 6.45) is 1.67. The van der Waals surface area contributed by atoms with Gasteiger partial charge in [0, 0.05) is 29.1 Å². The molecule has 4 aromatic rings. The average molecular weight is 436 g/mol. The van der Waals surface area contributed by atoms with Gasteiger partial charge in [0.25, 0.3) is 5.91 Å². The number of carbonyl (C=O) groups is 1. The minimum Gasteiger partial charge on any atom is -0.496 e. The first-order valence-corrected chi connectivity index (χ1v) is 10.5. The summed E-state index contributed by atoms with van der Waals surface area (Å²) in [4.78, 5) is 17.3. The molecule has 0 radical (unpaired) electrons. The number of thioether (sulfide) groups is 1. The van der Waals surface area contributed by atoms with Gasteiger partial charge < -0.3 is 14.6 Å². The topological polar surface area (TPSA) is 106 Å². The predicted molar refractivity (Wildman–Crippen MR) is 118 cm³/mol. The Hall–Kier alpha value is -3.59. The fraction of sp³-hybridized carbons (Fsp3) is 0.182. The number of anilines is 1. The van der Waals surface area contributed by atoms with Gasteiger partial charge in [-0.15, -0.1) is 11.8 Å². The molecule has 0 aliphatic carbocycles. The molecule has 9 heteroatoms. The van der Waals surface area contributed by atoms with E-state index in [-0.39, 0.29) is 5.91 Å². The van der Waals surface area contributed by atoms with E-state index in [0.717, 1.165) is 28.3 Å². The molecule has 158 valence electrons. The van der Waals surface area contributed by atoms with Crippen LogP contribution in [0.25, 0.3) is 11.3 Å². The van der Waals surface area contributed by atoms with Gasteiger partial charge in [-0.05, 0) is 38.1 Å². The van der Waals surface area contributed by atoms with Crippen LogP contribution in [-0.4, -0.2) is 33.4 Å². The highest BCUT2D eigenvalue weighted by Gasteiger charge is 2.17. The molecule has 0 aliphatic heterocycles. The monoisotopic (exact) mass is 435 g/mol. The number of hydrogen-bond donors (Lipinski definition) is 2. The minimum atomic E-state index is -0.285. The van der Waals surface area contributed by atoms with Crippen LogP contribution < -0.4 is 10.1 Å². The van der Waals surface area contributed by atoms with Gasteiger partial charge in [0.05, 0.1) is 24.1 Å². The molecule has 0 saturated carbocycles. The minimum absolute atomic E-state index is 0.285. The Balaban J connectivity index is 1.50. The Labute approximate surface area is 183 Å². The maximum Gasteiger partial charge on any atom is 0.259 e. The van der Waals surface area contributed by atoms with E-state index >= 15 is 0 Å². The Morgan fingerprint density at radius 1 is 1.23 bits per heavy atom. The van der Waals surface area contributed by atoms with E-state index in [2.05, 4.69) is 25.7 Å². The lowest BCUT2D eigenvalue weighted by Crippen LogP contribution is -2.14. The van der Waals surface area contributed by atoms with Crippen molar-refractivity contribution in [3.05, 3.63) is 71.2 Å². The third kappa shape index (κ3) is 4.46. The number of amides is 1. The molecule has 1 amide bonds. The maximum atomic E-state index is 12.9. The zero-order valence-corrected chi connectivity index (χ0v) is 18.1. The zero-order valence-electron chi connectivity index (χ0n) is 17.3. The van der Waals surface area contributed by atoms with Crippen LogP contribution in [0, 0.1) is 13.8 Å². The van der Waals surface area contributed by atoms with Crippen molar-refractivity contribution in [3.63, 3.8) is 0 Å². The summed E-state index contributed by atoms with van der Waals surface area (Å²) in [5, 5.41) is 14.6. The van der Waals surface area contributed by atoms with E-state index in [9.17, 15) is 4.79 Å². The van der Waals surface area contributed by atoms with Gasteiger partial charge in [0.15, 0.2) is 5.82 Å². The molecule has 0 bridgehead atoms. The first-order valence-electron chi connectivity index (χ1n) is 9.56. The van der Waals surface area contributed by atoms with Crippen molar-refractivity contribution < 1.29 is 14.1 Å². The second-order valence-electron chi connectivity index (χ2n) is 6.77. The lowest BCUT2D eigenvalue weighted by atomic mass is 10.1. The Bertz CT molecular complexity index is 1200. The largest absolute Gasteiger partial charge is 0.496 e. The van der Waals surface area contributed by atoms with Crippen molar-refractivity contribution in [1.82, 2.24) is 20.3 Å². The van der Waals surface area contributed by atoms with Gasteiger partial charge in [0.2, 0.25) is 0 Å². The van der Waals surface area contributed by atoms with Gasteiger partial charge in [-0.25, -0.2) is 4.98 Å². The molecule has 3 aromatic heterocycles. The SMILES string of the molecule is COc1ccccc1-c1cc(NC(=O)c2cccnc2SCc2c(C)noc2C)n[nH]1. The van der Waals surface area contributed by atoms with Crippen LogP contribution in [0.5, 0.6) is 5.75 Å². The van der Waals surface area contributed by atoms with Gasteiger partial charge in [-0.1, -0.05) is 17.3 Å². The molecule has 0 saturated heterocycles. The lowest BCUT2D eigenvalue weighted by molar-refractivity contribution is 0.102. The molecule has 1 aromatic carbocycles. The summed E-state index contributed by atoms with van der Waals surface area (Å²) in [7, 11) is 1.61. The number of methoxy groups -OCH3 is 1. The van der Waals surface area contributed by atoms with Crippen molar-refractivity contribution in [2.24, 2.45) is 0 Å². The van der Waals surface area contributed by atoms with E-state index in [1.807, 2.05) is 38.1 Å². The van der Waals surface area contributed by atoms with Gasteiger partial charge in [-0.3, -0.25) is 9.89 Å². The fourth-order valence-electron chi connectivity index (χ4n) is 3.10. The van der Waals surface area contributed by atoms with Crippen LogP contribution in [0.15, 0.2) is 58.2 Å². The van der Waals surface area contributed by atoms with Crippen molar-refractivity contribution in [2.75, 3.05) is 12.4 Å². The van der Waals surface area contributed by atoms with Crippen molar-refractivity contribution in [2.45, 2.75) is 24.6 Å². The van der Waals surface area contributed by atoms with E-state index in [4.69, 9.17) is 9.26 Å². The summed E-state index contributed by atoms with van der Waals surface area (Å²) in [5.74, 6) is 2.23. The number of rotatable bonds is 7. The fourth-order valence-corrected chi connectivity index (χ4v) is 4.25. The average Bonchev–Trinajstić information content (AvgIpc) is 3.38. The highest BCUT2D eigenvalue weighted by atomic mass is 32.2. The predicted octanol–water partition coefficient (Wildman–Crippen LogP) is 4.63. The van der Waals surface area contributed by atoms with E-state index in [0.29, 0.717) is 27.9 Å². The molecule has 0 atom stereocenters. The standard InChI is InChI=1S/C22H21N5O3S/c1-13-17(14(2)30-27-13)12-31-22-16(8-6-10-23-22)21(28)24-20-11-18(25-26-20)15-7-4-5-9-19(15)29-3/h4-11H,12H2,1-3H3,(H2,24,25,26,28). The summed E-state index contributed by atoms with van der Waals surface area (Å²) in [6.45, 7) is 3.77. The highest BCUT2D eigenvalue weighted by molar-refractivity contribution is 7.98. The Morgan fingerprint density at radius 2 is 2.06 bits per heavy atom. The van der Waals surface area contributed by atoms with E-state index in [1.165, 1.54) is 11.8 Å². The second-order valence-corrected chi connectivity index (χ2v) is 7.73. The van der Waals surface area contributed by atoms with Crippen molar-refractivity contribution in [1.29, 1.82) is 0 Å². The first-order chi connectivity index (χ1) is 15.1. The van der Waals surface area contributed by atoms with Gasteiger partial charge >= 0.3 is 0 Å². The van der Waals surface area contributed by atoms with E-state index in [1.54, 1.807) is 31.5 Å². The number of hydrogen-bond acceptors (Lipinski definition) is 7. The van der Waals surface area contributed by atoms with Gasteiger partial charge in [-0.2, -0.15) is 5.10 Å². The molecule has 2 N–H and O–H groups in total. The van der Waals surface area contributed by atoms with Crippen LogP contribution in [0.3, 0.4) is 0 Å². The lowest BCUT2D eigenvalue weighted by Gasteiger charge is -2.07. The van der Waals surface area contributed by atoms with Gasteiger partial charge in [0.1, 0.15) is 16.5 Å². The number of aromatic nitrogens is 4. The molecule has 0 spiro atoms. The normalized spacial score (nSPS) is 10.8. The second kappa shape index (κ2) is 9.05. The molecule has 8 nitrogen and oxygen atoms in total. The molecular formula is C22H21N5O3S.